The number of nitro benzene ring substituents is 1. The second-order valence-electron chi connectivity index (χ2n) is 6.75. The predicted molar refractivity (Wildman–Crippen MR) is 119 cm³/mol. The number of carbonyl (C=O) groups is 1. The van der Waals surface area contributed by atoms with Crippen LogP contribution in [-0.4, -0.2) is 31.3 Å². The summed E-state index contributed by atoms with van der Waals surface area (Å²) < 4.78 is 7.55. The minimum Gasteiger partial charge on any atom is -0.486 e. The maximum Gasteiger partial charge on any atom is 0.289 e. The Morgan fingerprint density at radius 3 is 2.71 bits per heavy atom. The molecule has 3 rings (SSSR count). The molecule has 0 aliphatic heterocycles. The second-order valence-corrected chi connectivity index (χ2v) is 8.10. The Labute approximate surface area is 187 Å². The molecule has 0 bridgehead atoms. The molecular weight excluding hydrogens is 442 g/mol. The summed E-state index contributed by atoms with van der Waals surface area (Å²) in [4.78, 5) is 22.6. The molecule has 31 heavy (non-hydrogen) atoms. The first kappa shape index (κ1) is 22.6. The Balaban J connectivity index is 1.55. The van der Waals surface area contributed by atoms with E-state index in [4.69, 9.17) is 16.3 Å². The van der Waals surface area contributed by atoms with Gasteiger partial charge < -0.3 is 14.6 Å². The lowest BCUT2D eigenvalue weighted by Crippen LogP contribution is -2.14. The molecule has 11 heteroatoms. The Morgan fingerprint density at radius 1 is 1.23 bits per heavy atom. The smallest absolute Gasteiger partial charge is 0.289 e. The molecule has 3 aromatic rings. The highest BCUT2D eigenvalue weighted by atomic mass is 35.5. The molecule has 1 N–H and O–H groups in total. The number of anilines is 1. The lowest BCUT2D eigenvalue weighted by molar-refractivity contribution is -0.384. The first-order valence-electron chi connectivity index (χ1n) is 9.19. The van der Waals surface area contributed by atoms with Gasteiger partial charge in [0.1, 0.15) is 17.4 Å². The van der Waals surface area contributed by atoms with Crippen molar-refractivity contribution in [3.05, 3.63) is 68.5 Å². The van der Waals surface area contributed by atoms with Gasteiger partial charge in [0.15, 0.2) is 11.0 Å². The number of nitrogens with zero attached hydrogens (tertiary/aromatic N) is 4. The topological polar surface area (TPSA) is 112 Å². The molecule has 0 fully saturated rings. The van der Waals surface area contributed by atoms with Gasteiger partial charge in [0.25, 0.3) is 5.69 Å². The normalized spacial score (nSPS) is 10.7. The van der Waals surface area contributed by atoms with Gasteiger partial charge in [0.2, 0.25) is 5.91 Å². The standard InChI is InChI=1S/C20H20ClN5O4S/c1-12-4-6-15(8-13(12)2)30-10-18-23-24-20(25(18)3)31-11-19(27)22-14-5-7-16(21)17(9-14)26(28)29/h4-9H,10-11H2,1-3H3,(H,22,27). The van der Waals surface area contributed by atoms with Gasteiger partial charge in [-0.25, -0.2) is 0 Å². The number of nitrogens with one attached hydrogen (secondary N) is 1. The fourth-order valence-electron chi connectivity index (χ4n) is 2.61. The Bertz CT molecular complexity index is 1130. The van der Waals surface area contributed by atoms with E-state index in [1.54, 1.807) is 11.6 Å². The molecule has 0 spiro atoms. The minimum atomic E-state index is -0.603. The summed E-state index contributed by atoms with van der Waals surface area (Å²) in [6, 6.07) is 9.95. The van der Waals surface area contributed by atoms with Crippen LogP contribution >= 0.6 is 23.4 Å². The lowest BCUT2D eigenvalue weighted by Gasteiger charge is -2.08. The largest absolute Gasteiger partial charge is 0.486 e. The molecule has 9 nitrogen and oxygen atoms in total. The fourth-order valence-corrected chi connectivity index (χ4v) is 3.52. The third kappa shape index (κ3) is 5.74. The first-order valence-corrected chi connectivity index (χ1v) is 10.6. The van der Waals surface area contributed by atoms with Crippen LogP contribution in [0.5, 0.6) is 5.75 Å². The molecule has 2 aromatic carbocycles. The zero-order valence-electron chi connectivity index (χ0n) is 17.1. The number of nitro groups is 1. The van der Waals surface area contributed by atoms with E-state index >= 15 is 0 Å². The number of hydrogen-bond acceptors (Lipinski definition) is 7. The van der Waals surface area contributed by atoms with Gasteiger partial charge in [0.05, 0.1) is 10.7 Å². The maximum atomic E-state index is 12.2. The van der Waals surface area contributed by atoms with Gasteiger partial charge in [0, 0.05) is 18.8 Å². The summed E-state index contributed by atoms with van der Waals surface area (Å²) in [5.74, 6) is 1.09. The number of amides is 1. The van der Waals surface area contributed by atoms with Crippen molar-refractivity contribution in [1.29, 1.82) is 0 Å². The Kier molecular flexibility index (Phi) is 7.13. The number of aromatic nitrogens is 3. The van der Waals surface area contributed by atoms with Crippen LogP contribution in [0.1, 0.15) is 17.0 Å². The first-order chi connectivity index (χ1) is 14.7. The van der Waals surface area contributed by atoms with E-state index in [9.17, 15) is 14.9 Å². The van der Waals surface area contributed by atoms with Crippen LogP contribution in [0.2, 0.25) is 5.02 Å². The number of hydrogen-bond donors (Lipinski definition) is 1. The van der Waals surface area contributed by atoms with E-state index < -0.39 is 4.92 Å². The van der Waals surface area contributed by atoms with Crippen LogP contribution in [0.3, 0.4) is 0 Å². The van der Waals surface area contributed by atoms with Gasteiger partial charge in [-0.1, -0.05) is 29.4 Å². The van der Waals surface area contributed by atoms with Crippen LogP contribution in [-0.2, 0) is 18.4 Å². The van der Waals surface area contributed by atoms with Gasteiger partial charge >= 0.3 is 0 Å². The lowest BCUT2D eigenvalue weighted by atomic mass is 10.1. The van der Waals surface area contributed by atoms with E-state index in [0.717, 1.165) is 11.3 Å². The molecule has 0 radical (unpaired) electrons. The van der Waals surface area contributed by atoms with E-state index in [1.807, 2.05) is 32.0 Å². The molecule has 1 amide bonds. The van der Waals surface area contributed by atoms with Crippen molar-refractivity contribution in [2.75, 3.05) is 11.1 Å². The van der Waals surface area contributed by atoms with Crippen molar-refractivity contribution in [2.24, 2.45) is 7.05 Å². The van der Waals surface area contributed by atoms with E-state index in [2.05, 4.69) is 15.5 Å². The van der Waals surface area contributed by atoms with Crippen molar-refractivity contribution >= 4 is 40.6 Å². The fraction of sp³-hybridized carbons (Fsp3) is 0.250. The average molecular weight is 462 g/mol. The average Bonchev–Trinajstić information content (AvgIpc) is 3.08. The number of carbonyl (C=O) groups excluding carboxylic acids is 1. The third-order valence-electron chi connectivity index (χ3n) is 4.53. The number of aryl methyl sites for hydroxylation is 2. The van der Waals surface area contributed by atoms with Crippen LogP contribution < -0.4 is 10.1 Å². The van der Waals surface area contributed by atoms with Gasteiger partial charge in [-0.15, -0.1) is 10.2 Å². The summed E-state index contributed by atoms with van der Waals surface area (Å²) in [6.07, 6.45) is 0. The molecule has 0 aliphatic rings. The Hall–Kier alpha value is -3.11. The van der Waals surface area contributed by atoms with Crippen molar-refractivity contribution in [2.45, 2.75) is 25.6 Å². The van der Waals surface area contributed by atoms with E-state index in [-0.39, 0.29) is 29.0 Å². The molecule has 0 unspecified atom stereocenters. The molecule has 1 heterocycles. The quantitative estimate of drug-likeness (QED) is 0.302. The highest BCUT2D eigenvalue weighted by molar-refractivity contribution is 7.99. The summed E-state index contributed by atoms with van der Waals surface area (Å²) >= 11 is 6.98. The van der Waals surface area contributed by atoms with Crippen molar-refractivity contribution in [3.63, 3.8) is 0 Å². The molecule has 162 valence electrons. The van der Waals surface area contributed by atoms with E-state index in [1.165, 1.54) is 35.5 Å². The number of benzene rings is 2. The van der Waals surface area contributed by atoms with Crippen LogP contribution in [0.15, 0.2) is 41.6 Å². The van der Waals surface area contributed by atoms with Crippen molar-refractivity contribution in [3.8, 4) is 5.75 Å². The van der Waals surface area contributed by atoms with Crippen LogP contribution in [0.25, 0.3) is 0 Å². The molecule has 0 aliphatic carbocycles. The predicted octanol–water partition coefficient (Wildman–Crippen LogP) is 4.30. The third-order valence-corrected chi connectivity index (χ3v) is 5.87. The van der Waals surface area contributed by atoms with E-state index in [0.29, 0.717) is 16.7 Å². The number of rotatable bonds is 8. The number of ether oxygens (including phenoxy) is 1. The summed E-state index contributed by atoms with van der Waals surface area (Å²) in [5.41, 5.74) is 2.36. The minimum absolute atomic E-state index is 0.00649. The SMILES string of the molecule is Cc1ccc(OCc2nnc(SCC(=O)Nc3ccc(Cl)c([N+](=O)[O-])c3)n2C)cc1C. The molecule has 0 atom stereocenters. The zero-order valence-corrected chi connectivity index (χ0v) is 18.7. The van der Waals surface area contributed by atoms with Crippen molar-refractivity contribution < 1.29 is 14.5 Å². The molecule has 0 saturated carbocycles. The molecular formula is C20H20ClN5O4S. The molecule has 0 saturated heterocycles. The maximum absolute atomic E-state index is 12.2. The van der Waals surface area contributed by atoms with Gasteiger partial charge in [-0.2, -0.15) is 0 Å². The highest BCUT2D eigenvalue weighted by Gasteiger charge is 2.15. The number of thioether (sulfide) groups is 1. The highest BCUT2D eigenvalue weighted by Crippen LogP contribution is 2.27. The summed E-state index contributed by atoms with van der Waals surface area (Å²) in [5, 5.41) is 22.3. The zero-order chi connectivity index (χ0) is 22.5. The second kappa shape index (κ2) is 9.80. The van der Waals surface area contributed by atoms with Gasteiger partial charge in [-0.05, 0) is 49.2 Å². The Morgan fingerprint density at radius 2 is 2.00 bits per heavy atom. The summed E-state index contributed by atoms with van der Waals surface area (Å²) in [6.45, 7) is 4.30. The summed E-state index contributed by atoms with van der Waals surface area (Å²) in [7, 11) is 1.79. The number of halogens is 1. The van der Waals surface area contributed by atoms with Crippen molar-refractivity contribution in [1.82, 2.24) is 14.8 Å². The monoisotopic (exact) mass is 461 g/mol. The van der Waals surface area contributed by atoms with Crippen LogP contribution in [0, 0.1) is 24.0 Å². The van der Waals surface area contributed by atoms with Crippen LogP contribution in [0.4, 0.5) is 11.4 Å². The molecule has 1 aromatic heterocycles. The van der Waals surface area contributed by atoms with Gasteiger partial charge in [-0.3, -0.25) is 14.9 Å².